The number of likely N-dealkylation sites (tertiary alicyclic amines) is 1. The van der Waals surface area contributed by atoms with E-state index in [1.165, 1.54) is 26.4 Å². The van der Waals surface area contributed by atoms with Crippen LogP contribution in [0.4, 0.5) is 16.2 Å². The Balaban J connectivity index is 1.71. The molecule has 162 valence electrons. The van der Waals surface area contributed by atoms with Crippen LogP contribution in [0.15, 0.2) is 47.4 Å². The SMILES string of the molecule is COc1ccc(OC)c(NS(=O)(=O)c2ccc(NC(=O)N3CCCCCC3)cc2)c1. The van der Waals surface area contributed by atoms with Crippen LogP contribution < -0.4 is 19.5 Å². The van der Waals surface area contributed by atoms with Gasteiger partial charge in [0.1, 0.15) is 11.5 Å². The molecule has 2 aromatic rings. The molecule has 1 saturated heterocycles. The molecule has 0 aliphatic carbocycles. The van der Waals surface area contributed by atoms with Gasteiger partial charge in [0, 0.05) is 24.8 Å². The Morgan fingerprint density at radius 3 is 2.20 bits per heavy atom. The number of nitrogens with zero attached hydrogens (tertiary/aromatic N) is 1. The summed E-state index contributed by atoms with van der Waals surface area (Å²) in [4.78, 5) is 14.3. The number of sulfonamides is 1. The number of hydrogen-bond acceptors (Lipinski definition) is 5. The third-order valence-corrected chi connectivity index (χ3v) is 6.34. The zero-order valence-electron chi connectivity index (χ0n) is 17.2. The van der Waals surface area contributed by atoms with E-state index in [0.29, 0.717) is 17.2 Å². The lowest BCUT2D eigenvalue weighted by atomic mass is 10.2. The molecule has 0 saturated carbocycles. The summed E-state index contributed by atoms with van der Waals surface area (Å²) in [6, 6.07) is 10.7. The van der Waals surface area contributed by atoms with Crippen LogP contribution in [0.1, 0.15) is 25.7 Å². The summed E-state index contributed by atoms with van der Waals surface area (Å²) in [6.07, 6.45) is 4.29. The second-order valence-corrected chi connectivity index (χ2v) is 8.71. The van der Waals surface area contributed by atoms with E-state index >= 15 is 0 Å². The zero-order chi connectivity index (χ0) is 21.6. The number of rotatable bonds is 6. The summed E-state index contributed by atoms with van der Waals surface area (Å²) in [5.74, 6) is 0.876. The fraction of sp³-hybridized carbons (Fsp3) is 0.381. The molecule has 0 aromatic heterocycles. The largest absolute Gasteiger partial charge is 0.497 e. The number of benzene rings is 2. The average molecular weight is 434 g/mol. The number of amides is 2. The Morgan fingerprint density at radius 2 is 1.60 bits per heavy atom. The first-order valence-corrected chi connectivity index (χ1v) is 11.3. The Labute approximate surface area is 177 Å². The van der Waals surface area contributed by atoms with Crippen molar-refractivity contribution in [1.29, 1.82) is 0 Å². The molecular weight excluding hydrogens is 406 g/mol. The first-order chi connectivity index (χ1) is 14.4. The molecule has 1 heterocycles. The van der Waals surface area contributed by atoms with Gasteiger partial charge in [-0.15, -0.1) is 0 Å². The molecule has 1 aliphatic heterocycles. The monoisotopic (exact) mass is 433 g/mol. The van der Waals surface area contributed by atoms with Crippen LogP contribution in [0, 0.1) is 0 Å². The van der Waals surface area contributed by atoms with Gasteiger partial charge < -0.3 is 19.7 Å². The molecule has 2 aromatic carbocycles. The number of nitrogens with one attached hydrogen (secondary N) is 2. The van der Waals surface area contributed by atoms with Gasteiger partial charge in [0.25, 0.3) is 10.0 Å². The van der Waals surface area contributed by atoms with E-state index in [1.807, 2.05) is 0 Å². The van der Waals surface area contributed by atoms with E-state index in [1.54, 1.807) is 35.2 Å². The highest BCUT2D eigenvalue weighted by Crippen LogP contribution is 2.31. The average Bonchev–Trinajstić information content (AvgIpc) is 3.03. The standard InChI is InChI=1S/C21H27N3O5S/c1-28-17-9-12-20(29-2)19(15-17)23-30(26,27)18-10-7-16(8-11-18)22-21(25)24-13-5-3-4-6-14-24/h7-12,15,23H,3-6,13-14H2,1-2H3,(H,22,25). The minimum atomic E-state index is -3.85. The summed E-state index contributed by atoms with van der Waals surface area (Å²) in [5, 5.41) is 2.84. The number of ether oxygens (including phenoxy) is 2. The third-order valence-electron chi connectivity index (χ3n) is 4.96. The van der Waals surface area contributed by atoms with Crippen molar-refractivity contribution in [2.45, 2.75) is 30.6 Å². The molecule has 8 nitrogen and oxygen atoms in total. The van der Waals surface area contributed by atoms with Crippen LogP contribution in [-0.4, -0.2) is 46.7 Å². The van der Waals surface area contributed by atoms with Crippen LogP contribution >= 0.6 is 0 Å². The smallest absolute Gasteiger partial charge is 0.321 e. The first-order valence-electron chi connectivity index (χ1n) is 9.84. The van der Waals surface area contributed by atoms with Crippen molar-refractivity contribution in [3.05, 3.63) is 42.5 Å². The van der Waals surface area contributed by atoms with Crippen molar-refractivity contribution in [1.82, 2.24) is 4.90 Å². The predicted molar refractivity (Wildman–Crippen MR) is 116 cm³/mol. The maximum absolute atomic E-state index is 12.8. The van der Waals surface area contributed by atoms with Gasteiger partial charge in [-0.1, -0.05) is 12.8 Å². The molecular formula is C21H27N3O5S. The van der Waals surface area contributed by atoms with Crippen LogP contribution in [0.3, 0.4) is 0 Å². The minimum absolute atomic E-state index is 0.0696. The molecule has 0 bridgehead atoms. The molecule has 2 N–H and O–H groups in total. The number of carbonyl (C=O) groups excluding carboxylic acids is 1. The van der Waals surface area contributed by atoms with Crippen molar-refractivity contribution in [2.24, 2.45) is 0 Å². The highest BCUT2D eigenvalue weighted by Gasteiger charge is 2.19. The van der Waals surface area contributed by atoms with Crippen LogP contribution in [0.5, 0.6) is 11.5 Å². The topological polar surface area (TPSA) is 97.0 Å². The van der Waals surface area contributed by atoms with Crippen molar-refractivity contribution >= 4 is 27.4 Å². The molecule has 0 radical (unpaired) electrons. The van der Waals surface area contributed by atoms with Crippen LogP contribution in [0.2, 0.25) is 0 Å². The van der Waals surface area contributed by atoms with Gasteiger partial charge in [-0.05, 0) is 49.2 Å². The first kappa shape index (κ1) is 21.8. The Hall–Kier alpha value is -2.94. The Kier molecular flexibility index (Phi) is 7.04. The lowest BCUT2D eigenvalue weighted by molar-refractivity contribution is 0.214. The van der Waals surface area contributed by atoms with Gasteiger partial charge in [-0.2, -0.15) is 0 Å². The second-order valence-electron chi connectivity index (χ2n) is 7.03. The van der Waals surface area contributed by atoms with Crippen molar-refractivity contribution in [3.8, 4) is 11.5 Å². The summed E-state index contributed by atoms with van der Waals surface area (Å²) in [5.41, 5.74) is 0.817. The summed E-state index contributed by atoms with van der Waals surface area (Å²) in [7, 11) is -0.892. The fourth-order valence-electron chi connectivity index (χ4n) is 3.29. The maximum atomic E-state index is 12.8. The lowest BCUT2D eigenvalue weighted by Gasteiger charge is -2.20. The van der Waals surface area contributed by atoms with Crippen molar-refractivity contribution in [3.63, 3.8) is 0 Å². The fourth-order valence-corrected chi connectivity index (χ4v) is 4.35. The summed E-state index contributed by atoms with van der Waals surface area (Å²) < 4.78 is 38.5. The number of urea groups is 1. The third kappa shape index (κ3) is 5.35. The van der Waals surface area contributed by atoms with Gasteiger partial charge in [-0.25, -0.2) is 13.2 Å². The minimum Gasteiger partial charge on any atom is -0.497 e. The summed E-state index contributed by atoms with van der Waals surface area (Å²) >= 11 is 0. The normalized spacial score (nSPS) is 14.5. The number of methoxy groups -OCH3 is 2. The van der Waals surface area contributed by atoms with E-state index in [0.717, 1.165) is 38.8 Å². The molecule has 30 heavy (non-hydrogen) atoms. The lowest BCUT2D eigenvalue weighted by Crippen LogP contribution is -2.35. The van der Waals surface area contributed by atoms with Gasteiger partial charge >= 0.3 is 6.03 Å². The molecule has 2 amide bonds. The van der Waals surface area contributed by atoms with E-state index in [9.17, 15) is 13.2 Å². The Morgan fingerprint density at radius 1 is 0.933 bits per heavy atom. The Bertz CT molecular complexity index is 969. The number of carbonyl (C=O) groups is 1. The van der Waals surface area contributed by atoms with Crippen LogP contribution in [-0.2, 0) is 10.0 Å². The zero-order valence-corrected chi connectivity index (χ0v) is 18.0. The van der Waals surface area contributed by atoms with Gasteiger partial charge in [0.15, 0.2) is 0 Å². The second kappa shape index (κ2) is 9.71. The van der Waals surface area contributed by atoms with Gasteiger partial charge in [0.05, 0.1) is 24.8 Å². The van der Waals surface area contributed by atoms with Crippen LogP contribution in [0.25, 0.3) is 0 Å². The van der Waals surface area contributed by atoms with E-state index in [-0.39, 0.29) is 16.6 Å². The highest BCUT2D eigenvalue weighted by atomic mass is 32.2. The molecule has 1 fully saturated rings. The maximum Gasteiger partial charge on any atom is 0.321 e. The van der Waals surface area contributed by atoms with E-state index in [4.69, 9.17) is 9.47 Å². The molecule has 0 atom stereocenters. The predicted octanol–water partition coefficient (Wildman–Crippen LogP) is 3.91. The molecule has 3 rings (SSSR count). The van der Waals surface area contributed by atoms with Crippen molar-refractivity contribution in [2.75, 3.05) is 37.3 Å². The quantitative estimate of drug-likeness (QED) is 0.720. The van der Waals surface area contributed by atoms with Crippen molar-refractivity contribution < 1.29 is 22.7 Å². The van der Waals surface area contributed by atoms with Gasteiger partial charge in [-0.3, -0.25) is 4.72 Å². The molecule has 9 heteroatoms. The van der Waals surface area contributed by atoms with E-state index in [2.05, 4.69) is 10.0 Å². The highest BCUT2D eigenvalue weighted by molar-refractivity contribution is 7.92. The van der Waals surface area contributed by atoms with Gasteiger partial charge in [0.2, 0.25) is 0 Å². The molecule has 1 aliphatic rings. The molecule has 0 spiro atoms. The molecule has 0 unspecified atom stereocenters. The van der Waals surface area contributed by atoms with E-state index < -0.39 is 10.0 Å². The summed E-state index contributed by atoms with van der Waals surface area (Å²) in [6.45, 7) is 1.48. The number of anilines is 2. The number of hydrogen-bond donors (Lipinski definition) is 2.